The summed E-state index contributed by atoms with van der Waals surface area (Å²) in [5.41, 5.74) is 0. The van der Waals surface area contributed by atoms with Gasteiger partial charge in [-0.2, -0.15) is 0 Å². The van der Waals surface area contributed by atoms with E-state index in [9.17, 15) is 18.0 Å². The molecule has 3 fully saturated rings. The third-order valence-electron chi connectivity index (χ3n) is 4.79. The number of amides is 2. The quantitative estimate of drug-likeness (QED) is 0.756. The van der Waals surface area contributed by atoms with Crippen LogP contribution in [0.1, 0.15) is 32.1 Å². The molecule has 0 aromatic carbocycles. The Morgan fingerprint density at radius 1 is 1.18 bits per heavy atom. The van der Waals surface area contributed by atoms with E-state index in [4.69, 9.17) is 0 Å². The van der Waals surface area contributed by atoms with Crippen LogP contribution in [-0.2, 0) is 19.6 Å². The van der Waals surface area contributed by atoms with Crippen LogP contribution >= 0.6 is 0 Å². The van der Waals surface area contributed by atoms with E-state index in [1.165, 1.54) is 10.6 Å². The largest absolute Gasteiger partial charge is 0.353 e. The Kier molecular flexibility index (Phi) is 4.15. The van der Waals surface area contributed by atoms with Crippen LogP contribution in [0.15, 0.2) is 0 Å². The van der Waals surface area contributed by atoms with Crippen LogP contribution < -0.4 is 5.32 Å². The standard InChI is InChI=1S/C14H23N3O4S/c1-22(20,21)16-6-4-11(5-7-16)15-14(19)10-8-13(18)17(9-10)12-2-3-12/h10-12H,2-9H2,1H3,(H,15,19)/t10-/m0/s1. The summed E-state index contributed by atoms with van der Waals surface area (Å²) in [5, 5.41) is 2.99. The Balaban J connectivity index is 1.48. The molecule has 1 saturated carbocycles. The zero-order chi connectivity index (χ0) is 15.9. The molecule has 2 aliphatic heterocycles. The normalized spacial score (nSPS) is 28.1. The summed E-state index contributed by atoms with van der Waals surface area (Å²) >= 11 is 0. The molecule has 3 aliphatic rings. The van der Waals surface area contributed by atoms with Crippen molar-refractivity contribution in [3.63, 3.8) is 0 Å². The van der Waals surface area contributed by atoms with E-state index in [0.717, 1.165) is 12.8 Å². The number of sulfonamides is 1. The fourth-order valence-corrected chi connectivity index (χ4v) is 4.17. The van der Waals surface area contributed by atoms with Gasteiger partial charge in [0.1, 0.15) is 0 Å². The molecule has 7 nitrogen and oxygen atoms in total. The molecule has 8 heteroatoms. The second-order valence-corrected chi connectivity index (χ2v) is 8.61. The lowest BCUT2D eigenvalue weighted by atomic mass is 10.0. The molecular weight excluding hydrogens is 306 g/mol. The van der Waals surface area contributed by atoms with Gasteiger partial charge in [0.2, 0.25) is 21.8 Å². The summed E-state index contributed by atoms with van der Waals surface area (Å²) in [4.78, 5) is 26.0. The Morgan fingerprint density at radius 2 is 1.82 bits per heavy atom. The van der Waals surface area contributed by atoms with Crippen LogP contribution in [0, 0.1) is 5.92 Å². The van der Waals surface area contributed by atoms with Crippen molar-refractivity contribution in [3.05, 3.63) is 0 Å². The van der Waals surface area contributed by atoms with Gasteiger partial charge in [0, 0.05) is 38.1 Å². The van der Waals surface area contributed by atoms with Crippen molar-refractivity contribution in [2.75, 3.05) is 25.9 Å². The molecule has 1 N–H and O–H groups in total. The van der Waals surface area contributed by atoms with Crippen molar-refractivity contribution in [2.24, 2.45) is 5.92 Å². The molecule has 3 rings (SSSR count). The van der Waals surface area contributed by atoms with E-state index in [1.807, 2.05) is 4.90 Å². The number of nitrogens with one attached hydrogen (secondary N) is 1. The number of likely N-dealkylation sites (tertiary alicyclic amines) is 1. The minimum Gasteiger partial charge on any atom is -0.353 e. The Bertz CT molecular complexity index is 565. The zero-order valence-corrected chi connectivity index (χ0v) is 13.6. The van der Waals surface area contributed by atoms with E-state index in [0.29, 0.717) is 44.9 Å². The van der Waals surface area contributed by atoms with Gasteiger partial charge in [-0.1, -0.05) is 0 Å². The average Bonchev–Trinajstić information content (AvgIpc) is 3.21. The highest BCUT2D eigenvalue weighted by Gasteiger charge is 2.42. The average molecular weight is 329 g/mol. The molecule has 2 saturated heterocycles. The minimum atomic E-state index is -3.14. The van der Waals surface area contributed by atoms with Gasteiger partial charge in [-0.15, -0.1) is 0 Å². The highest BCUT2D eigenvalue weighted by atomic mass is 32.2. The van der Waals surface area contributed by atoms with E-state index >= 15 is 0 Å². The van der Waals surface area contributed by atoms with Crippen molar-refractivity contribution in [3.8, 4) is 0 Å². The topological polar surface area (TPSA) is 86.8 Å². The van der Waals surface area contributed by atoms with Crippen molar-refractivity contribution < 1.29 is 18.0 Å². The van der Waals surface area contributed by atoms with Gasteiger partial charge in [0.25, 0.3) is 0 Å². The highest BCUT2D eigenvalue weighted by molar-refractivity contribution is 7.88. The fourth-order valence-electron chi connectivity index (χ4n) is 3.30. The maximum Gasteiger partial charge on any atom is 0.225 e. The van der Waals surface area contributed by atoms with Crippen LogP contribution in [0.4, 0.5) is 0 Å². The monoisotopic (exact) mass is 329 g/mol. The summed E-state index contributed by atoms with van der Waals surface area (Å²) in [6, 6.07) is 0.374. The third kappa shape index (κ3) is 3.43. The number of rotatable bonds is 4. The highest BCUT2D eigenvalue weighted by Crippen LogP contribution is 2.32. The second-order valence-electron chi connectivity index (χ2n) is 6.62. The molecule has 1 atom stereocenters. The predicted octanol–water partition coefficient (Wildman–Crippen LogP) is -0.462. The first kappa shape index (κ1) is 15.7. The number of piperidine rings is 1. The maximum absolute atomic E-state index is 12.3. The summed E-state index contributed by atoms with van der Waals surface area (Å²) in [5.74, 6) is -0.218. The summed E-state index contributed by atoms with van der Waals surface area (Å²) < 4.78 is 24.4. The molecule has 0 aromatic heterocycles. The van der Waals surface area contributed by atoms with Crippen LogP contribution in [-0.4, -0.2) is 67.4 Å². The number of carbonyl (C=O) groups excluding carboxylic acids is 2. The first-order valence-electron chi connectivity index (χ1n) is 7.89. The van der Waals surface area contributed by atoms with Gasteiger partial charge < -0.3 is 10.2 Å². The molecule has 124 valence electrons. The molecule has 2 heterocycles. The first-order valence-corrected chi connectivity index (χ1v) is 9.74. The van der Waals surface area contributed by atoms with Crippen molar-refractivity contribution in [1.29, 1.82) is 0 Å². The first-order chi connectivity index (χ1) is 10.3. The number of hydrogen-bond acceptors (Lipinski definition) is 4. The van der Waals surface area contributed by atoms with Gasteiger partial charge in [0.15, 0.2) is 0 Å². The van der Waals surface area contributed by atoms with Crippen LogP contribution in [0.2, 0.25) is 0 Å². The third-order valence-corrected chi connectivity index (χ3v) is 6.09. The van der Waals surface area contributed by atoms with Crippen molar-refractivity contribution in [1.82, 2.24) is 14.5 Å². The van der Waals surface area contributed by atoms with Gasteiger partial charge in [-0.05, 0) is 25.7 Å². The van der Waals surface area contributed by atoms with E-state index in [2.05, 4.69) is 5.32 Å². The Labute approximate surface area is 131 Å². The second kappa shape index (κ2) is 5.81. The zero-order valence-electron chi connectivity index (χ0n) is 12.8. The molecule has 0 aromatic rings. The molecule has 0 bridgehead atoms. The van der Waals surface area contributed by atoms with Crippen molar-refractivity contribution in [2.45, 2.75) is 44.2 Å². The predicted molar refractivity (Wildman–Crippen MR) is 80.4 cm³/mol. The van der Waals surface area contributed by atoms with Gasteiger partial charge in [-0.25, -0.2) is 12.7 Å². The molecule has 0 radical (unpaired) electrons. The maximum atomic E-state index is 12.3. The number of hydrogen-bond donors (Lipinski definition) is 1. The van der Waals surface area contributed by atoms with Crippen LogP contribution in [0.25, 0.3) is 0 Å². The van der Waals surface area contributed by atoms with E-state index in [-0.39, 0.29) is 23.8 Å². The Hall–Kier alpha value is -1.15. The van der Waals surface area contributed by atoms with Crippen LogP contribution in [0.3, 0.4) is 0 Å². The summed E-state index contributed by atoms with van der Waals surface area (Å²) in [7, 11) is -3.14. The molecule has 1 aliphatic carbocycles. The van der Waals surface area contributed by atoms with Crippen LogP contribution in [0.5, 0.6) is 0 Å². The van der Waals surface area contributed by atoms with Gasteiger partial charge >= 0.3 is 0 Å². The summed E-state index contributed by atoms with van der Waals surface area (Å²) in [6.45, 7) is 1.43. The SMILES string of the molecule is CS(=O)(=O)N1CCC(NC(=O)[C@H]2CC(=O)N(C3CC3)C2)CC1. The summed E-state index contributed by atoms with van der Waals surface area (Å²) in [6.07, 6.45) is 4.90. The molecule has 0 unspecified atom stereocenters. The Morgan fingerprint density at radius 3 is 2.36 bits per heavy atom. The molecule has 2 amide bonds. The molecular formula is C14H23N3O4S. The number of carbonyl (C=O) groups is 2. The van der Waals surface area contributed by atoms with Gasteiger partial charge in [0.05, 0.1) is 12.2 Å². The molecule has 22 heavy (non-hydrogen) atoms. The fraction of sp³-hybridized carbons (Fsp3) is 0.857. The van der Waals surface area contributed by atoms with Gasteiger partial charge in [-0.3, -0.25) is 9.59 Å². The van der Waals surface area contributed by atoms with E-state index < -0.39 is 10.0 Å². The smallest absolute Gasteiger partial charge is 0.225 e. The minimum absolute atomic E-state index is 0.00979. The lowest BCUT2D eigenvalue weighted by Crippen LogP contribution is -2.47. The molecule has 0 spiro atoms. The van der Waals surface area contributed by atoms with E-state index in [1.54, 1.807) is 0 Å². The lowest BCUT2D eigenvalue weighted by Gasteiger charge is -2.31. The van der Waals surface area contributed by atoms with Crippen molar-refractivity contribution >= 4 is 21.8 Å². The number of nitrogens with zero attached hydrogens (tertiary/aromatic N) is 2. The lowest BCUT2D eigenvalue weighted by molar-refractivity contribution is -0.129.